The molecule has 10 heteroatoms. The van der Waals surface area contributed by atoms with E-state index in [-0.39, 0.29) is 41.0 Å². The maximum Gasteiger partial charge on any atom is 0.407 e. The van der Waals surface area contributed by atoms with Crippen LogP contribution in [0.1, 0.15) is 65.5 Å². The second-order valence-electron chi connectivity index (χ2n) is 9.94. The Morgan fingerprint density at radius 1 is 1.08 bits per heavy atom. The number of hydrogen-bond donors (Lipinski definition) is 1. The molecule has 2 heterocycles. The summed E-state index contributed by atoms with van der Waals surface area (Å²) in [4.78, 5) is 40.7. The number of likely N-dealkylation sites (tertiary alicyclic amines) is 1. The Balaban J connectivity index is 2.07. The Morgan fingerprint density at radius 3 is 2.33 bits per heavy atom. The van der Waals surface area contributed by atoms with E-state index in [0.29, 0.717) is 28.8 Å². The quantitative estimate of drug-likeness (QED) is 0.423. The molecule has 36 heavy (non-hydrogen) atoms. The molecule has 1 saturated heterocycles. The number of nitrogens with zero attached hydrogens (tertiary/aromatic N) is 2. The van der Waals surface area contributed by atoms with Gasteiger partial charge in [0, 0.05) is 31.4 Å². The Kier molecular flexibility index (Phi) is 9.53. The number of ether oxygens (including phenoxy) is 2. The van der Waals surface area contributed by atoms with Crippen LogP contribution < -0.4 is 15.6 Å². The van der Waals surface area contributed by atoms with Gasteiger partial charge < -0.3 is 24.3 Å². The lowest BCUT2D eigenvalue weighted by Crippen LogP contribution is -2.35. The molecule has 0 spiro atoms. The van der Waals surface area contributed by atoms with E-state index in [9.17, 15) is 14.4 Å². The number of benzene rings is 1. The van der Waals surface area contributed by atoms with E-state index in [1.165, 1.54) is 10.6 Å². The van der Waals surface area contributed by atoms with Crippen LogP contribution in [0, 0.1) is 0 Å². The third-order valence-electron chi connectivity index (χ3n) is 5.92. The van der Waals surface area contributed by atoms with Gasteiger partial charge in [-0.3, -0.25) is 9.59 Å². The lowest BCUT2D eigenvalue weighted by atomic mass is 10.1. The molecule has 0 atom stereocenters. The first-order valence-electron chi connectivity index (χ1n) is 12.4. The number of nitrogens with one attached hydrogen (secondary N) is 1. The van der Waals surface area contributed by atoms with Gasteiger partial charge in [-0.15, -0.1) is 0 Å². The molecule has 1 aliphatic rings. The van der Waals surface area contributed by atoms with E-state index in [4.69, 9.17) is 32.7 Å². The minimum Gasteiger partial charge on any atom is -0.491 e. The number of alkyl carbamates (subject to hydrolysis) is 1. The van der Waals surface area contributed by atoms with Crippen molar-refractivity contribution in [3.05, 3.63) is 38.2 Å². The van der Waals surface area contributed by atoms with Gasteiger partial charge in [0.25, 0.3) is 5.56 Å². The lowest BCUT2D eigenvalue weighted by molar-refractivity contribution is -0.130. The van der Waals surface area contributed by atoms with E-state index < -0.39 is 11.7 Å². The van der Waals surface area contributed by atoms with Crippen molar-refractivity contribution < 1.29 is 19.1 Å². The van der Waals surface area contributed by atoms with Crippen LogP contribution in [0.4, 0.5) is 4.79 Å². The van der Waals surface area contributed by atoms with Crippen molar-refractivity contribution in [1.82, 2.24) is 14.8 Å². The van der Waals surface area contributed by atoms with Crippen LogP contribution in [-0.2, 0) is 22.6 Å². The molecule has 0 saturated carbocycles. The van der Waals surface area contributed by atoms with Crippen molar-refractivity contribution in [3.8, 4) is 5.75 Å². The minimum absolute atomic E-state index is 0.00635. The number of amides is 2. The van der Waals surface area contributed by atoms with Gasteiger partial charge in [-0.1, -0.05) is 36.5 Å². The van der Waals surface area contributed by atoms with Gasteiger partial charge in [0.1, 0.15) is 11.4 Å². The zero-order valence-corrected chi connectivity index (χ0v) is 22.9. The lowest BCUT2D eigenvalue weighted by Gasteiger charge is -2.23. The molecule has 0 aliphatic carbocycles. The van der Waals surface area contributed by atoms with Crippen molar-refractivity contribution in [1.29, 1.82) is 0 Å². The number of pyridine rings is 1. The van der Waals surface area contributed by atoms with Crippen molar-refractivity contribution in [2.75, 3.05) is 19.7 Å². The predicted octanol–water partition coefficient (Wildman–Crippen LogP) is 5.52. The number of rotatable bonds is 9. The standard InChI is InChI=1S/C26H35Cl2N3O5/c1-5-6-13-35-23-17-14-19(27)20(28)15-18(17)24(33)31(12-9-22(32)30-10-7-8-11-30)21(23)16-29-25(34)36-26(2,3)4/h14-15H,5-13,16H2,1-4H3,(H,29,34). The highest BCUT2D eigenvalue weighted by Gasteiger charge is 2.24. The number of halogens is 2. The van der Waals surface area contributed by atoms with Gasteiger partial charge in [-0.25, -0.2) is 4.79 Å². The van der Waals surface area contributed by atoms with Crippen LogP contribution in [-0.4, -0.2) is 46.8 Å². The van der Waals surface area contributed by atoms with Gasteiger partial charge >= 0.3 is 6.09 Å². The van der Waals surface area contributed by atoms with Gasteiger partial charge in [-0.2, -0.15) is 0 Å². The predicted molar refractivity (Wildman–Crippen MR) is 142 cm³/mol. The fraction of sp³-hybridized carbons (Fsp3) is 0.577. The summed E-state index contributed by atoms with van der Waals surface area (Å²) >= 11 is 12.6. The molecule has 198 valence electrons. The van der Waals surface area contributed by atoms with Gasteiger partial charge in [0.2, 0.25) is 5.91 Å². The van der Waals surface area contributed by atoms with Crippen LogP contribution in [0.15, 0.2) is 16.9 Å². The molecule has 1 aliphatic heterocycles. The van der Waals surface area contributed by atoms with E-state index >= 15 is 0 Å². The molecule has 1 N–H and O–H groups in total. The molecule has 8 nitrogen and oxygen atoms in total. The van der Waals surface area contributed by atoms with Gasteiger partial charge in [0.15, 0.2) is 0 Å². The highest BCUT2D eigenvalue weighted by molar-refractivity contribution is 6.42. The maximum atomic E-state index is 13.6. The largest absolute Gasteiger partial charge is 0.491 e. The molecule has 0 unspecified atom stereocenters. The van der Waals surface area contributed by atoms with E-state index in [2.05, 4.69) is 5.32 Å². The first kappa shape index (κ1) is 28.1. The molecular formula is C26H35Cl2N3O5. The Hall–Kier alpha value is -2.45. The second kappa shape index (κ2) is 12.2. The summed E-state index contributed by atoms with van der Waals surface area (Å²) < 4.78 is 13.0. The number of hydrogen-bond acceptors (Lipinski definition) is 5. The zero-order valence-electron chi connectivity index (χ0n) is 21.4. The second-order valence-corrected chi connectivity index (χ2v) is 10.8. The monoisotopic (exact) mass is 539 g/mol. The number of carbonyl (C=O) groups excluding carboxylic acids is 2. The molecule has 3 rings (SSSR count). The van der Waals surface area contributed by atoms with Crippen molar-refractivity contribution in [3.63, 3.8) is 0 Å². The molecule has 0 bridgehead atoms. The number of carbonyl (C=O) groups is 2. The summed E-state index contributed by atoms with van der Waals surface area (Å²) in [6.45, 7) is 9.36. The van der Waals surface area contributed by atoms with Crippen molar-refractivity contribution in [2.24, 2.45) is 0 Å². The third kappa shape index (κ3) is 7.07. The molecule has 2 amide bonds. The van der Waals surface area contributed by atoms with E-state index in [1.54, 1.807) is 26.8 Å². The average molecular weight is 540 g/mol. The topological polar surface area (TPSA) is 89.9 Å². The molecule has 2 aromatic rings. The SMILES string of the molecule is CCCCOc1c(CNC(=O)OC(C)(C)C)n(CCC(=O)N2CCCC2)c(=O)c2cc(Cl)c(Cl)cc12. The summed E-state index contributed by atoms with van der Waals surface area (Å²) in [6.07, 6.45) is 3.22. The van der Waals surface area contributed by atoms with Crippen molar-refractivity contribution >= 4 is 46.0 Å². The maximum absolute atomic E-state index is 13.6. The first-order chi connectivity index (χ1) is 17.0. The van der Waals surface area contributed by atoms with Crippen LogP contribution in [0.2, 0.25) is 10.0 Å². The molecule has 1 fully saturated rings. The fourth-order valence-electron chi connectivity index (χ4n) is 4.15. The fourth-order valence-corrected chi connectivity index (χ4v) is 4.48. The molecular weight excluding hydrogens is 505 g/mol. The summed E-state index contributed by atoms with van der Waals surface area (Å²) in [5, 5.41) is 4.12. The van der Waals surface area contributed by atoms with Crippen molar-refractivity contribution in [2.45, 2.75) is 78.5 Å². The zero-order chi connectivity index (χ0) is 26.5. The first-order valence-corrected chi connectivity index (χ1v) is 13.2. The molecule has 0 radical (unpaired) electrons. The summed E-state index contributed by atoms with van der Waals surface area (Å²) in [6, 6.07) is 3.14. The van der Waals surface area contributed by atoms with Crippen LogP contribution in [0.3, 0.4) is 0 Å². The normalized spacial score (nSPS) is 13.8. The Labute approximate surface area is 221 Å². The Morgan fingerprint density at radius 2 is 1.72 bits per heavy atom. The van der Waals surface area contributed by atoms with Crippen LogP contribution >= 0.6 is 23.2 Å². The number of aromatic nitrogens is 1. The summed E-state index contributed by atoms with van der Waals surface area (Å²) in [5.41, 5.74) is -0.566. The summed E-state index contributed by atoms with van der Waals surface area (Å²) in [7, 11) is 0. The molecule has 1 aromatic heterocycles. The highest BCUT2D eigenvalue weighted by Crippen LogP contribution is 2.34. The minimum atomic E-state index is -0.681. The number of unbranched alkanes of at least 4 members (excludes halogenated alkanes) is 1. The highest BCUT2D eigenvalue weighted by atomic mass is 35.5. The van der Waals surface area contributed by atoms with E-state index in [1.807, 2.05) is 11.8 Å². The number of fused-ring (bicyclic) bond motifs is 1. The third-order valence-corrected chi connectivity index (χ3v) is 6.64. The van der Waals surface area contributed by atoms with Crippen LogP contribution in [0.5, 0.6) is 5.75 Å². The smallest absolute Gasteiger partial charge is 0.407 e. The van der Waals surface area contributed by atoms with Crippen LogP contribution in [0.25, 0.3) is 10.8 Å². The van der Waals surface area contributed by atoms with Gasteiger partial charge in [-0.05, 0) is 52.2 Å². The molecule has 1 aromatic carbocycles. The summed E-state index contributed by atoms with van der Waals surface area (Å²) in [5.74, 6) is 0.425. The average Bonchev–Trinajstić information content (AvgIpc) is 3.34. The van der Waals surface area contributed by atoms with E-state index in [0.717, 1.165) is 38.8 Å². The van der Waals surface area contributed by atoms with Gasteiger partial charge in [0.05, 0.1) is 34.3 Å². The Bertz CT molecular complexity index is 1170.